The summed E-state index contributed by atoms with van der Waals surface area (Å²) in [5.74, 6) is 1.82. The first-order valence-electron chi connectivity index (χ1n) is 6.41. The van der Waals surface area contributed by atoms with Crippen molar-refractivity contribution in [3.63, 3.8) is 0 Å². The molecule has 1 atom stereocenters. The Morgan fingerprint density at radius 2 is 1.83 bits per heavy atom. The SMILES string of the molecule is CC(C)C(C)Nc1ccc(N)c(OC(C)(C)C)n1. The second kappa shape index (κ2) is 5.46. The molecule has 1 unspecified atom stereocenters. The normalized spacial score (nSPS) is 13.5. The predicted octanol–water partition coefficient (Wildman–Crippen LogP) is 3.30. The van der Waals surface area contributed by atoms with E-state index in [1.54, 1.807) is 0 Å². The molecule has 4 nitrogen and oxygen atoms in total. The zero-order chi connectivity index (χ0) is 13.9. The van der Waals surface area contributed by atoms with Gasteiger partial charge >= 0.3 is 0 Å². The smallest absolute Gasteiger partial charge is 0.239 e. The first-order chi connectivity index (χ1) is 8.19. The molecule has 1 aromatic rings. The highest BCUT2D eigenvalue weighted by atomic mass is 16.5. The van der Waals surface area contributed by atoms with E-state index < -0.39 is 0 Å². The van der Waals surface area contributed by atoms with Gasteiger partial charge in [0.1, 0.15) is 11.4 Å². The fraction of sp³-hybridized carbons (Fsp3) is 0.643. The number of pyridine rings is 1. The van der Waals surface area contributed by atoms with Crippen LogP contribution in [0.1, 0.15) is 41.5 Å². The number of nitrogen functional groups attached to an aromatic ring is 1. The molecule has 0 aromatic carbocycles. The molecule has 0 bridgehead atoms. The van der Waals surface area contributed by atoms with E-state index in [1.807, 2.05) is 32.9 Å². The topological polar surface area (TPSA) is 60.2 Å². The van der Waals surface area contributed by atoms with E-state index in [2.05, 4.69) is 31.1 Å². The third kappa shape index (κ3) is 4.43. The quantitative estimate of drug-likeness (QED) is 0.862. The first kappa shape index (κ1) is 14.6. The van der Waals surface area contributed by atoms with Gasteiger partial charge in [0.05, 0.1) is 5.69 Å². The third-order valence-electron chi connectivity index (χ3n) is 2.67. The van der Waals surface area contributed by atoms with Gasteiger partial charge in [0, 0.05) is 6.04 Å². The van der Waals surface area contributed by atoms with E-state index in [-0.39, 0.29) is 5.60 Å². The van der Waals surface area contributed by atoms with Gasteiger partial charge in [-0.15, -0.1) is 0 Å². The van der Waals surface area contributed by atoms with Crippen LogP contribution in [0, 0.1) is 5.92 Å². The standard InChI is InChI=1S/C14H25N3O/c1-9(2)10(3)16-12-8-7-11(15)13(17-12)18-14(4,5)6/h7-10H,15H2,1-6H3,(H,16,17). The van der Waals surface area contributed by atoms with Crippen molar-refractivity contribution in [1.82, 2.24) is 4.98 Å². The van der Waals surface area contributed by atoms with Crippen molar-refractivity contribution in [3.05, 3.63) is 12.1 Å². The summed E-state index contributed by atoms with van der Waals surface area (Å²) in [6.07, 6.45) is 0. The van der Waals surface area contributed by atoms with E-state index in [4.69, 9.17) is 10.5 Å². The summed E-state index contributed by atoms with van der Waals surface area (Å²) in [4.78, 5) is 4.42. The molecule has 0 saturated heterocycles. The Kier molecular flexibility index (Phi) is 4.43. The molecular weight excluding hydrogens is 226 g/mol. The number of hydrogen-bond acceptors (Lipinski definition) is 4. The lowest BCUT2D eigenvalue weighted by Gasteiger charge is -2.23. The Hall–Kier alpha value is -1.45. The molecule has 18 heavy (non-hydrogen) atoms. The number of nitrogens with one attached hydrogen (secondary N) is 1. The molecule has 102 valence electrons. The monoisotopic (exact) mass is 251 g/mol. The third-order valence-corrected chi connectivity index (χ3v) is 2.67. The Morgan fingerprint density at radius 1 is 1.22 bits per heavy atom. The molecule has 1 rings (SSSR count). The lowest BCUT2D eigenvalue weighted by Crippen LogP contribution is -2.25. The van der Waals surface area contributed by atoms with Crippen LogP contribution in [0.25, 0.3) is 0 Å². The Labute approximate surface area is 110 Å². The van der Waals surface area contributed by atoms with Crippen molar-refractivity contribution >= 4 is 11.5 Å². The summed E-state index contributed by atoms with van der Waals surface area (Å²) >= 11 is 0. The lowest BCUT2D eigenvalue weighted by atomic mass is 10.1. The van der Waals surface area contributed by atoms with E-state index in [0.29, 0.717) is 23.5 Å². The minimum absolute atomic E-state index is 0.302. The Bertz CT molecular complexity index is 397. The lowest BCUT2D eigenvalue weighted by molar-refractivity contribution is 0.125. The Balaban J connectivity index is 2.87. The van der Waals surface area contributed by atoms with E-state index in [9.17, 15) is 0 Å². The highest BCUT2D eigenvalue weighted by Gasteiger charge is 2.16. The van der Waals surface area contributed by atoms with Gasteiger partial charge in [0.15, 0.2) is 0 Å². The van der Waals surface area contributed by atoms with Crippen molar-refractivity contribution in [2.75, 3.05) is 11.1 Å². The molecule has 0 spiro atoms. The minimum Gasteiger partial charge on any atom is -0.470 e. The molecule has 0 aliphatic heterocycles. The van der Waals surface area contributed by atoms with Gasteiger partial charge in [0.2, 0.25) is 5.88 Å². The van der Waals surface area contributed by atoms with Gasteiger partial charge in [-0.05, 0) is 45.7 Å². The second-order valence-corrected chi connectivity index (χ2v) is 5.98. The highest BCUT2D eigenvalue weighted by Crippen LogP contribution is 2.25. The molecule has 1 aromatic heterocycles. The number of nitrogens with two attached hydrogens (primary N) is 1. The van der Waals surface area contributed by atoms with Crippen LogP contribution in [0.15, 0.2) is 12.1 Å². The summed E-state index contributed by atoms with van der Waals surface area (Å²) in [5, 5.41) is 3.35. The molecule has 3 N–H and O–H groups in total. The first-order valence-corrected chi connectivity index (χ1v) is 6.41. The molecule has 0 aliphatic rings. The number of anilines is 2. The molecule has 0 amide bonds. The van der Waals surface area contributed by atoms with Crippen LogP contribution in [-0.2, 0) is 0 Å². The minimum atomic E-state index is -0.302. The maximum Gasteiger partial charge on any atom is 0.239 e. The molecule has 0 fully saturated rings. The van der Waals surface area contributed by atoms with E-state index in [0.717, 1.165) is 5.82 Å². The Morgan fingerprint density at radius 3 is 2.33 bits per heavy atom. The molecule has 0 saturated carbocycles. The van der Waals surface area contributed by atoms with Crippen molar-refractivity contribution in [3.8, 4) is 5.88 Å². The highest BCUT2D eigenvalue weighted by molar-refractivity contribution is 5.54. The van der Waals surface area contributed by atoms with Crippen LogP contribution in [0.5, 0.6) is 5.88 Å². The zero-order valence-electron chi connectivity index (χ0n) is 12.2. The number of ether oxygens (including phenoxy) is 1. The van der Waals surface area contributed by atoms with Crippen molar-refractivity contribution < 1.29 is 4.74 Å². The van der Waals surface area contributed by atoms with Gasteiger partial charge in [-0.25, -0.2) is 0 Å². The average Bonchev–Trinajstić information content (AvgIpc) is 2.20. The van der Waals surface area contributed by atoms with Crippen LogP contribution < -0.4 is 15.8 Å². The molecule has 4 heteroatoms. The molecule has 0 radical (unpaired) electrons. The van der Waals surface area contributed by atoms with Crippen molar-refractivity contribution in [2.45, 2.75) is 53.2 Å². The maximum atomic E-state index is 5.87. The number of rotatable bonds is 4. The van der Waals surface area contributed by atoms with Crippen LogP contribution in [0.4, 0.5) is 11.5 Å². The van der Waals surface area contributed by atoms with Gasteiger partial charge in [-0.1, -0.05) is 13.8 Å². The van der Waals surface area contributed by atoms with Crippen molar-refractivity contribution in [2.24, 2.45) is 5.92 Å². The van der Waals surface area contributed by atoms with Crippen LogP contribution in [0.3, 0.4) is 0 Å². The number of nitrogens with zero attached hydrogens (tertiary/aromatic N) is 1. The zero-order valence-corrected chi connectivity index (χ0v) is 12.2. The van der Waals surface area contributed by atoms with E-state index >= 15 is 0 Å². The van der Waals surface area contributed by atoms with Crippen LogP contribution in [-0.4, -0.2) is 16.6 Å². The van der Waals surface area contributed by atoms with Gasteiger partial charge in [0.25, 0.3) is 0 Å². The van der Waals surface area contributed by atoms with E-state index in [1.165, 1.54) is 0 Å². The summed E-state index contributed by atoms with van der Waals surface area (Å²) in [6.45, 7) is 12.4. The van der Waals surface area contributed by atoms with Crippen LogP contribution >= 0.6 is 0 Å². The average molecular weight is 251 g/mol. The summed E-state index contributed by atoms with van der Waals surface area (Å²) in [6, 6.07) is 4.05. The number of aromatic nitrogens is 1. The number of hydrogen-bond donors (Lipinski definition) is 2. The van der Waals surface area contributed by atoms with Crippen LogP contribution in [0.2, 0.25) is 0 Å². The molecule has 0 aliphatic carbocycles. The molecule has 1 heterocycles. The van der Waals surface area contributed by atoms with Crippen molar-refractivity contribution in [1.29, 1.82) is 0 Å². The summed E-state index contributed by atoms with van der Waals surface area (Å²) in [7, 11) is 0. The molecular formula is C14H25N3O. The van der Waals surface area contributed by atoms with Gasteiger partial charge in [-0.3, -0.25) is 0 Å². The maximum absolute atomic E-state index is 5.87. The fourth-order valence-electron chi connectivity index (χ4n) is 1.30. The second-order valence-electron chi connectivity index (χ2n) is 5.98. The fourth-order valence-corrected chi connectivity index (χ4v) is 1.30. The van der Waals surface area contributed by atoms with Gasteiger partial charge < -0.3 is 15.8 Å². The largest absolute Gasteiger partial charge is 0.470 e. The predicted molar refractivity (Wildman–Crippen MR) is 77.0 cm³/mol. The summed E-state index contributed by atoms with van der Waals surface area (Å²) < 4.78 is 5.74. The van der Waals surface area contributed by atoms with Gasteiger partial charge in [-0.2, -0.15) is 4.98 Å². The summed E-state index contributed by atoms with van der Waals surface area (Å²) in [5.41, 5.74) is 6.13.